The van der Waals surface area contributed by atoms with E-state index in [1.807, 2.05) is 12.1 Å². The maximum absolute atomic E-state index is 12.1. The largest absolute Gasteiger partial charge is 0.493 e. The molecule has 2 rings (SSSR count). The molecule has 0 aromatic heterocycles. The predicted octanol–water partition coefficient (Wildman–Crippen LogP) is 2.02. The Kier molecular flexibility index (Phi) is 4.81. The van der Waals surface area contributed by atoms with Gasteiger partial charge in [-0.3, -0.25) is 9.00 Å². The van der Waals surface area contributed by atoms with Gasteiger partial charge in [-0.05, 0) is 29.5 Å². The molecule has 110 valence electrons. The molecule has 0 spiro atoms. The monoisotopic (exact) mass is 296 g/mol. The fourth-order valence-electron chi connectivity index (χ4n) is 2.44. The van der Waals surface area contributed by atoms with Gasteiger partial charge in [0.2, 0.25) is 0 Å². The molecule has 1 aliphatic heterocycles. The molecular formula is C15H20O4S. The lowest BCUT2D eigenvalue weighted by molar-refractivity contribution is -0.137. The lowest BCUT2D eigenvalue weighted by Gasteiger charge is -2.15. The van der Waals surface area contributed by atoms with Gasteiger partial charge in [-0.1, -0.05) is 26.0 Å². The lowest BCUT2D eigenvalue weighted by atomic mass is 10.1. The van der Waals surface area contributed by atoms with E-state index in [1.165, 1.54) is 5.56 Å². The molecule has 1 aliphatic rings. The van der Waals surface area contributed by atoms with E-state index in [-0.39, 0.29) is 5.92 Å². The van der Waals surface area contributed by atoms with Crippen LogP contribution in [0.25, 0.3) is 0 Å². The number of aliphatic carboxylic acids is 1. The highest BCUT2D eigenvalue weighted by Crippen LogP contribution is 2.26. The summed E-state index contributed by atoms with van der Waals surface area (Å²) in [5.74, 6) is 0.220. The second kappa shape index (κ2) is 6.39. The van der Waals surface area contributed by atoms with Crippen molar-refractivity contribution in [2.45, 2.75) is 31.9 Å². The highest BCUT2D eigenvalue weighted by atomic mass is 32.2. The zero-order valence-corrected chi connectivity index (χ0v) is 12.6. The smallest absolute Gasteiger partial charge is 0.319 e. The van der Waals surface area contributed by atoms with Crippen LogP contribution >= 0.6 is 0 Å². The molecule has 20 heavy (non-hydrogen) atoms. The van der Waals surface area contributed by atoms with Gasteiger partial charge >= 0.3 is 5.97 Å². The number of rotatable bonds is 6. The number of aryl methyl sites for hydroxylation is 1. The Morgan fingerprint density at radius 2 is 2.20 bits per heavy atom. The SMILES string of the molecule is CC(C)C(C(=O)O)S(=O)CCc1ccc2c(c1)CCO2. The standard InChI is InChI=1S/C15H20O4S/c1-10(2)14(15(16)17)20(18)8-6-11-3-4-13-12(9-11)5-7-19-13/h3-4,9-10,14H,5-8H2,1-2H3,(H,16,17). The summed E-state index contributed by atoms with van der Waals surface area (Å²) in [6, 6.07) is 5.98. The molecule has 1 heterocycles. The number of hydrogen-bond donors (Lipinski definition) is 1. The van der Waals surface area contributed by atoms with E-state index in [9.17, 15) is 9.00 Å². The number of fused-ring (bicyclic) bond motifs is 1. The van der Waals surface area contributed by atoms with E-state index >= 15 is 0 Å². The highest BCUT2D eigenvalue weighted by molar-refractivity contribution is 7.86. The van der Waals surface area contributed by atoms with Crippen LogP contribution in [0.1, 0.15) is 25.0 Å². The average Bonchev–Trinajstić information content (AvgIpc) is 2.82. The molecule has 2 unspecified atom stereocenters. The van der Waals surface area contributed by atoms with E-state index in [0.29, 0.717) is 12.2 Å². The van der Waals surface area contributed by atoms with Crippen molar-refractivity contribution in [3.63, 3.8) is 0 Å². The first kappa shape index (κ1) is 15.0. The van der Waals surface area contributed by atoms with Crippen molar-refractivity contribution in [1.82, 2.24) is 0 Å². The van der Waals surface area contributed by atoms with Crippen LogP contribution in [-0.4, -0.2) is 32.9 Å². The fourth-order valence-corrected chi connectivity index (χ4v) is 3.96. The third kappa shape index (κ3) is 3.39. The molecule has 2 atom stereocenters. The zero-order chi connectivity index (χ0) is 14.7. The Balaban J connectivity index is 1.98. The van der Waals surface area contributed by atoms with Crippen LogP contribution in [0.2, 0.25) is 0 Å². The molecule has 0 saturated heterocycles. The van der Waals surface area contributed by atoms with Crippen molar-refractivity contribution in [3.05, 3.63) is 29.3 Å². The minimum atomic E-state index is -1.35. The Morgan fingerprint density at radius 1 is 1.45 bits per heavy atom. The Morgan fingerprint density at radius 3 is 2.85 bits per heavy atom. The predicted molar refractivity (Wildman–Crippen MR) is 78.6 cm³/mol. The summed E-state index contributed by atoms with van der Waals surface area (Å²) in [4.78, 5) is 11.1. The Hall–Kier alpha value is -1.36. The van der Waals surface area contributed by atoms with Crippen molar-refractivity contribution >= 4 is 16.8 Å². The van der Waals surface area contributed by atoms with Crippen LogP contribution in [0, 0.1) is 5.92 Å². The lowest BCUT2D eigenvalue weighted by Crippen LogP contribution is -2.32. The summed E-state index contributed by atoms with van der Waals surface area (Å²) in [5.41, 5.74) is 2.28. The molecule has 1 aromatic carbocycles. The highest BCUT2D eigenvalue weighted by Gasteiger charge is 2.27. The van der Waals surface area contributed by atoms with Gasteiger partial charge in [-0.2, -0.15) is 0 Å². The molecule has 0 amide bonds. The topological polar surface area (TPSA) is 63.6 Å². The zero-order valence-electron chi connectivity index (χ0n) is 11.8. The number of ether oxygens (including phenoxy) is 1. The fraction of sp³-hybridized carbons (Fsp3) is 0.533. The maximum Gasteiger partial charge on any atom is 0.319 e. The van der Waals surface area contributed by atoms with Gasteiger partial charge in [0.05, 0.1) is 6.61 Å². The first-order valence-electron chi connectivity index (χ1n) is 6.83. The van der Waals surface area contributed by atoms with Crippen molar-refractivity contribution in [1.29, 1.82) is 0 Å². The molecular weight excluding hydrogens is 276 g/mol. The number of carbonyl (C=O) groups is 1. The minimum absolute atomic E-state index is 0.123. The van der Waals surface area contributed by atoms with Crippen LogP contribution in [0.15, 0.2) is 18.2 Å². The molecule has 1 N–H and O–H groups in total. The van der Waals surface area contributed by atoms with Gasteiger partial charge < -0.3 is 9.84 Å². The van der Waals surface area contributed by atoms with Crippen LogP contribution < -0.4 is 4.74 Å². The third-order valence-electron chi connectivity index (χ3n) is 3.48. The Labute approximate surface area is 121 Å². The van der Waals surface area contributed by atoms with Crippen LogP contribution in [0.3, 0.4) is 0 Å². The average molecular weight is 296 g/mol. The van der Waals surface area contributed by atoms with E-state index in [0.717, 1.165) is 24.3 Å². The molecule has 1 aromatic rings. The van der Waals surface area contributed by atoms with Gasteiger partial charge in [0.1, 0.15) is 11.0 Å². The van der Waals surface area contributed by atoms with Crippen molar-refractivity contribution < 1.29 is 18.8 Å². The minimum Gasteiger partial charge on any atom is -0.493 e. The molecule has 0 saturated carbocycles. The third-order valence-corrected chi connectivity index (χ3v) is 5.40. The van der Waals surface area contributed by atoms with Crippen LogP contribution in [0.5, 0.6) is 5.75 Å². The summed E-state index contributed by atoms with van der Waals surface area (Å²) < 4.78 is 17.6. The molecule has 0 fully saturated rings. The summed E-state index contributed by atoms with van der Waals surface area (Å²) in [7, 11) is -1.35. The van der Waals surface area contributed by atoms with Gasteiger partial charge in [-0.25, -0.2) is 0 Å². The quantitative estimate of drug-likeness (QED) is 0.872. The van der Waals surface area contributed by atoms with E-state index in [2.05, 4.69) is 6.07 Å². The Bertz CT molecular complexity index is 525. The van der Waals surface area contributed by atoms with Crippen molar-refractivity contribution in [3.8, 4) is 5.75 Å². The maximum atomic E-state index is 12.1. The summed E-state index contributed by atoms with van der Waals surface area (Å²) in [6.45, 7) is 4.31. The first-order valence-corrected chi connectivity index (χ1v) is 8.22. The van der Waals surface area contributed by atoms with Gasteiger partial charge in [0.15, 0.2) is 0 Å². The van der Waals surface area contributed by atoms with Crippen LogP contribution in [0.4, 0.5) is 0 Å². The van der Waals surface area contributed by atoms with Crippen LogP contribution in [-0.2, 0) is 28.4 Å². The van der Waals surface area contributed by atoms with E-state index in [4.69, 9.17) is 9.84 Å². The van der Waals surface area contributed by atoms with Gasteiger partial charge in [0, 0.05) is 23.0 Å². The van der Waals surface area contributed by atoms with E-state index < -0.39 is 22.0 Å². The molecule has 0 radical (unpaired) electrons. The molecule has 5 heteroatoms. The molecule has 0 aliphatic carbocycles. The second-order valence-electron chi connectivity index (χ2n) is 5.38. The number of hydrogen-bond acceptors (Lipinski definition) is 3. The van der Waals surface area contributed by atoms with Gasteiger partial charge in [0.25, 0.3) is 0 Å². The first-order chi connectivity index (χ1) is 9.49. The van der Waals surface area contributed by atoms with Gasteiger partial charge in [-0.15, -0.1) is 0 Å². The van der Waals surface area contributed by atoms with E-state index in [1.54, 1.807) is 13.8 Å². The number of carboxylic acids is 1. The second-order valence-corrected chi connectivity index (χ2v) is 7.06. The van der Waals surface area contributed by atoms with Crippen molar-refractivity contribution in [2.24, 2.45) is 5.92 Å². The summed E-state index contributed by atoms with van der Waals surface area (Å²) in [5, 5.41) is 8.34. The number of carboxylic acid groups (broad SMARTS) is 1. The molecule has 0 bridgehead atoms. The normalized spacial score (nSPS) is 16.6. The summed E-state index contributed by atoms with van der Waals surface area (Å²) in [6.07, 6.45) is 1.55. The summed E-state index contributed by atoms with van der Waals surface area (Å²) >= 11 is 0. The van der Waals surface area contributed by atoms with Crippen molar-refractivity contribution in [2.75, 3.05) is 12.4 Å². The molecule has 4 nitrogen and oxygen atoms in total. The number of benzene rings is 1.